The second kappa shape index (κ2) is 10.4. The molecule has 2 N–H and O–H groups in total. The van der Waals surface area contributed by atoms with E-state index in [0.717, 1.165) is 56.6 Å². The van der Waals surface area contributed by atoms with E-state index >= 15 is 0 Å². The number of nitrogens with zero attached hydrogens (tertiary/aromatic N) is 1. The number of hydrogen-bond donors (Lipinski definition) is 2. The van der Waals surface area contributed by atoms with Crippen molar-refractivity contribution in [3.63, 3.8) is 0 Å². The van der Waals surface area contributed by atoms with E-state index in [-0.39, 0.29) is 17.9 Å². The summed E-state index contributed by atoms with van der Waals surface area (Å²) in [5, 5.41) is 5.99. The maximum absolute atomic E-state index is 13.1. The van der Waals surface area contributed by atoms with Gasteiger partial charge in [0.25, 0.3) is 5.91 Å². The zero-order chi connectivity index (χ0) is 21.5. The Balaban J connectivity index is 1.49. The number of rotatable bonds is 7. The van der Waals surface area contributed by atoms with Crippen LogP contribution < -0.4 is 15.5 Å². The number of piperidine rings is 1. The van der Waals surface area contributed by atoms with Crippen molar-refractivity contribution in [2.45, 2.75) is 44.6 Å². The normalized spacial score (nSPS) is 18.6. The topological polar surface area (TPSA) is 70.7 Å². The van der Waals surface area contributed by atoms with Gasteiger partial charge in [-0.15, -0.1) is 0 Å². The number of hydrogen-bond acceptors (Lipinski definition) is 4. The molecule has 2 amide bonds. The zero-order valence-electron chi connectivity index (χ0n) is 17.9. The Morgan fingerprint density at radius 2 is 1.81 bits per heavy atom. The van der Waals surface area contributed by atoms with E-state index in [9.17, 15) is 9.59 Å². The smallest absolute Gasteiger partial charge is 0.253 e. The van der Waals surface area contributed by atoms with Gasteiger partial charge in [-0.05, 0) is 55.9 Å². The van der Waals surface area contributed by atoms with Gasteiger partial charge >= 0.3 is 0 Å². The lowest BCUT2D eigenvalue weighted by Crippen LogP contribution is -2.35. The highest BCUT2D eigenvalue weighted by Gasteiger charge is 2.22. The third-order valence-corrected chi connectivity index (χ3v) is 5.94. The van der Waals surface area contributed by atoms with Gasteiger partial charge in [0, 0.05) is 37.6 Å². The second-order valence-corrected chi connectivity index (χ2v) is 8.34. The molecular formula is C25H31N3O3. The lowest BCUT2D eigenvalue weighted by atomic mass is 10.1. The van der Waals surface area contributed by atoms with Crippen LogP contribution in [0.4, 0.5) is 11.4 Å². The van der Waals surface area contributed by atoms with Crippen molar-refractivity contribution in [1.29, 1.82) is 0 Å². The third kappa shape index (κ3) is 5.85. The number of amides is 2. The van der Waals surface area contributed by atoms with E-state index in [1.165, 1.54) is 6.42 Å². The summed E-state index contributed by atoms with van der Waals surface area (Å²) in [6.45, 7) is 3.18. The summed E-state index contributed by atoms with van der Waals surface area (Å²) in [7, 11) is 0. The molecule has 6 nitrogen and oxygen atoms in total. The molecule has 2 heterocycles. The quantitative estimate of drug-likeness (QED) is 0.714. The molecule has 2 aromatic rings. The molecule has 2 aliphatic rings. The van der Waals surface area contributed by atoms with Crippen LogP contribution in [0.5, 0.6) is 0 Å². The molecule has 2 saturated heterocycles. The average molecular weight is 422 g/mol. The highest BCUT2D eigenvalue weighted by Crippen LogP contribution is 2.27. The highest BCUT2D eigenvalue weighted by atomic mass is 16.5. The third-order valence-electron chi connectivity index (χ3n) is 5.94. The minimum absolute atomic E-state index is 0.0937. The monoisotopic (exact) mass is 421 g/mol. The van der Waals surface area contributed by atoms with Gasteiger partial charge in [-0.25, -0.2) is 0 Å². The summed E-state index contributed by atoms with van der Waals surface area (Å²) in [5.74, 6) is -0.210. The molecule has 6 heteroatoms. The van der Waals surface area contributed by atoms with Crippen LogP contribution in [0.2, 0.25) is 0 Å². The summed E-state index contributed by atoms with van der Waals surface area (Å²) in [4.78, 5) is 27.9. The van der Waals surface area contributed by atoms with Crippen molar-refractivity contribution in [3.05, 3.63) is 59.7 Å². The Labute approximate surface area is 184 Å². The maximum atomic E-state index is 13.1. The van der Waals surface area contributed by atoms with Crippen LogP contribution >= 0.6 is 0 Å². The molecular weight excluding hydrogens is 390 g/mol. The zero-order valence-corrected chi connectivity index (χ0v) is 17.9. The van der Waals surface area contributed by atoms with Crippen LogP contribution in [0.15, 0.2) is 48.5 Å². The van der Waals surface area contributed by atoms with Crippen molar-refractivity contribution >= 4 is 23.2 Å². The van der Waals surface area contributed by atoms with E-state index < -0.39 is 0 Å². The van der Waals surface area contributed by atoms with Crippen LogP contribution in [-0.2, 0) is 16.0 Å². The highest BCUT2D eigenvalue weighted by molar-refractivity contribution is 6.02. The fourth-order valence-corrected chi connectivity index (χ4v) is 4.30. The number of carbonyl (C=O) groups is 2. The Hall–Kier alpha value is -2.86. The van der Waals surface area contributed by atoms with Crippen molar-refractivity contribution < 1.29 is 14.3 Å². The van der Waals surface area contributed by atoms with E-state index in [4.69, 9.17) is 4.74 Å². The van der Waals surface area contributed by atoms with Crippen LogP contribution in [0.3, 0.4) is 0 Å². The van der Waals surface area contributed by atoms with Crippen molar-refractivity contribution in [1.82, 2.24) is 5.32 Å². The van der Waals surface area contributed by atoms with Crippen LogP contribution in [0, 0.1) is 0 Å². The van der Waals surface area contributed by atoms with Crippen molar-refractivity contribution in [3.8, 4) is 0 Å². The predicted molar refractivity (Wildman–Crippen MR) is 123 cm³/mol. The van der Waals surface area contributed by atoms with E-state index in [2.05, 4.69) is 15.5 Å². The lowest BCUT2D eigenvalue weighted by molar-refractivity contribution is -0.115. The molecule has 0 aromatic heterocycles. The molecule has 0 aliphatic carbocycles. The van der Waals surface area contributed by atoms with Gasteiger partial charge < -0.3 is 20.3 Å². The Kier molecular flexibility index (Phi) is 7.20. The van der Waals surface area contributed by atoms with E-state index in [1.54, 1.807) is 6.07 Å². The number of benzene rings is 2. The Morgan fingerprint density at radius 3 is 2.55 bits per heavy atom. The Bertz CT molecular complexity index is 888. The fraction of sp³-hybridized carbons (Fsp3) is 0.440. The molecule has 2 aliphatic heterocycles. The van der Waals surface area contributed by atoms with Gasteiger partial charge in [0.15, 0.2) is 0 Å². The molecule has 1 unspecified atom stereocenters. The summed E-state index contributed by atoms with van der Waals surface area (Å²) in [6, 6.07) is 15.3. The first kappa shape index (κ1) is 21.4. The lowest BCUT2D eigenvalue weighted by Gasteiger charge is -2.30. The second-order valence-electron chi connectivity index (χ2n) is 8.34. The fourth-order valence-electron chi connectivity index (χ4n) is 4.30. The molecule has 4 rings (SSSR count). The van der Waals surface area contributed by atoms with Crippen LogP contribution in [0.1, 0.15) is 48.0 Å². The molecule has 2 aromatic carbocycles. The first-order chi connectivity index (χ1) is 15.2. The molecule has 0 saturated carbocycles. The number of carbonyl (C=O) groups excluding carboxylic acids is 2. The summed E-state index contributed by atoms with van der Waals surface area (Å²) in [6.07, 6.45) is 5.91. The first-order valence-corrected chi connectivity index (χ1v) is 11.3. The van der Waals surface area contributed by atoms with E-state index in [1.807, 2.05) is 42.5 Å². The van der Waals surface area contributed by atoms with Gasteiger partial charge in [0.05, 0.1) is 18.1 Å². The summed E-state index contributed by atoms with van der Waals surface area (Å²) in [5.41, 5.74) is 3.14. The van der Waals surface area contributed by atoms with Crippen LogP contribution in [0.25, 0.3) is 0 Å². The molecule has 164 valence electrons. The van der Waals surface area contributed by atoms with Gasteiger partial charge in [-0.2, -0.15) is 0 Å². The average Bonchev–Trinajstić information content (AvgIpc) is 3.32. The van der Waals surface area contributed by atoms with Gasteiger partial charge in [-0.3, -0.25) is 9.59 Å². The van der Waals surface area contributed by atoms with Crippen LogP contribution in [-0.4, -0.2) is 44.2 Å². The molecule has 0 spiro atoms. The van der Waals surface area contributed by atoms with Crippen molar-refractivity contribution in [2.24, 2.45) is 0 Å². The largest absolute Gasteiger partial charge is 0.376 e. The molecule has 31 heavy (non-hydrogen) atoms. The number of nitrogens with one attached hydrogen (secondary N) is 2. The SMILES string of the molecule is O=C(Cc1ccccc1)Nc1ccc(N2CCCCC2)c(C(=O)NCC2CCCO2)c1. The summed E-state index contributed by atoms with van der Waals surface area (Å²) >= 11 is 0. The van der Waals surface area contributed by atoms with Crippen molar-refractivity contribution in [2.75, 3.05) is 36.5 Å². The minimum Gasteiger partial charge on any atom is -0.376 e. The van der Waals surface area contributed by atoms with Gasteiger partial charge in [-0.1, -0.05) is 30.3 Å². The summed E-state index contributed by atoms with van der Waals surface area (Å²) < 4.78 is 5.64. The standard InChI is InChI=1S/C25H31N3O3/c29-24(16-19-8-3-1-4-9-19)27-20-11-12-23(28-13-5-2-6-14-28)22(17-20)25(30)26-18-21-10-7-15-31-21/h1,3-4,8-9,11-12,17,21H,2,5-7,10,13-16,18H2,(H,26,30)(H,27,29). The molecule has 1 atom stereocenters. The van der Waals surface area contributed by atoms with Gasteiger partial charge in [0.1, 0.15) is 0 Å². The number of anilines is 2. The van der Waals surface area contributed by atoms with E-state index in [0.29, 0.717) is 24.2 Å². The Morgan fingerprint density at radius 1 is 1.00 bits per heavy atom. The number of ether oxygens (including phenoxy) is 1. The van der Waals surface area contributed by atoms with Gasteiger partial charge in [0.2, 0.25) is 5.91 Å². The first-order valence-electron chi connectivity index (χ1n) is 11.3. The molecule has 0 radical (unpaired) electrons. The molecule has 2 fully saturated rings. The maximum Gasteiger partial charge on any atom is 0.253 e. The molecule has 0 bridgehead atoms. The predicted octanol–water partition coefficient (Wildman–Crippen LogP) is 3.77. The minimum atomic E-state index is -0.116.